The van der Waals surface area contributed by atoms with Crippen molar-refractivity contribution in [1.82, 2.24) is 4.83 Å². The van der Waals surface area contributed by atoms with E-state index in [1.807, 2.05) is 36.0 Å². The molecule has 0 saturated heterocycles. The average molecular weight is 348 g/mol. The maximum absolute atomic E-state index is 12.1. The van der Waals surface area contributed by atoms with E-state index in [1.54, 1.807) is 12.1 Å². The van der Waals surface area contributed by atoms with Gasteiger partial charge in [-0.3, -0.25) is 10.1 Å². The third kappa shape index (κ3) is 4.29. The number of hydrogen-bond donors (Lipinski definition) is 1. The standard InChI is InChI=1S/C15H16N4O4S/c1-18(2)13-8-6-12(7-9-13)11-16-17-24(22,23)15-5-3-4-14(10-15)19(20)21/h3-11,17H,1-2H3/b16-11+. The molecule has 0 aliphatic carbocycles. The second-order valence-corrected chi connectivity index (χ2v) is 6.75. The van der Waals surface area contributed by atoms with E-state index in [-0.39, 0.29) is 10.6 Å². The van der Waals surface area contributed by atoms with Crippen molar-refractivity contribution in [2.45, 2.75) is 4.90 Å². The molecule has 1 N–H and O–H groups in total. The Kier molecular flexibility index (Phi) is 5.14. The first kappa shape index (κ1) is 17.4. The maximum atomic E-state index is 12.1. The third-order valence-electron chi connectivity index (χ3n) is 3.13. The van der Waals surface area contributed by atoms with Crippen LogP contribution in [0.5, 0.6) is 0 Å². The zero-order chi connectivity index (χ0) is 17.7. The smallest absolute Gasteiger partial charge is 0.276 e. The van der Waals surface area contributed by atoms with Gasteiger partial charge in [-0.25, -0.2) is 4.83 Å². The topological polar surface area (TPSA) is 105 Å². The molecule has 2 aromatic rings. The van der Waals surface area contributed by atoms with E-state index in [2.05, 4.69) is 5.10 Å². The molecular formula is C15H16N4O4S. The number of benzene rings is 2. The quantitative estimate of drug-likeness (QED) is 0.488. The van der Waals surface area contributed by atoms with E-state index in [4.69, 9.17) is 0 Å². The Bertz CT molecular complexity index is 861. The maximum Gasteiger partial charge on any atom is 0.276 e. The Labute approximate surface area is 139 Å². The van der Waals surface area contributed by atoms with Gasteiger partial charge < -0.3 is 4.90 Å². The van der Waals surface area contributed by atoms with Crippen LogP contribution in [0.4, 0.5) is 11.4 Å². The molecule has 2 aromatic carbocycles. The normalized spacial score (nSPS) is 11.4. The molecule has 0 unspecified atom stereocenters. The van der Waals surface area contributed by atoms with Crippen LogP contribution in [0, 0.1) is 10.1 Å². The fourth-order valence-electron chi connectivity index (χ4n) is 1.85. The highest BCUT2D eigenvalue weighted by molar-refractivity contribution is 7.89. The minimum Gasteiger partial charge on any atom is -0.378 e. The van der Waals surface area contributed by atoms with E-state index in [0.717, 1.165) is 11.8 Å². The van der Waals surface area contributed by atoms with Crippen LogP contribution in [-0.2, 0) is 10.0 Å². The monoisotopic (exact) mass is 348 g/mol. The Morgan fingerprint density at radius 1 is 1.17 bits per heavy atom. The third-order valence-corrected chi connectivity index (χ3v) is 4.36. The van der Waals surface area contributed by atoms with E-state index >= 15 is 0 Å². The number of hydrogen-bond acceptors (Lipinski definition) is 6. The average Bonchev–Trinajstić information content (AvgIpc) is 2.55. The van der Waals surface area contributed by atoms with Gasteiger partial charge in [0.1, 0.15) is 0 Å². The molecule has 0 atom stereocenters. The summed E-state index contributed by atoms with van der Waals surface area (Å²) in [6.45, 7) is 0. The minimum atomic E-state index is -3.97. The first-order chi connectivity index (χ1) is 11.3. The largest absolute Gasteiger partial charge is 0.378 e. The summed E-state index contributed by atoms with van der Waals surface area (Å²) in [6, 6.07) is 12.1. The molecule has 24 heavy (non-hydrogen) atoms. The Balaban J connectivity index is 2.12. The summed E-state index contributed by atoms with van der Waals surface area (Å²) in [4.78, 5) is 13.8. The number of non-ortho nitro benzene ring substituents is 1. The Hall–Kier alpha value is -2.94. The molecule has 9 heteroatoms. The van der Waals surface area contributed by atoms with Crippen LogP contribution < -0.4 is 9.73 Å². The molecular weight excluding hydrogens is 332 g/mol. The Morgan fingerprint density at radius 3 is 2.42 bits per heavy atom. The molecule has 0 saturated carbocycles. The predicted octanol–water partition coefficient (Wildman–Crippen LogP) is 1.97. The second kappa shape index (κ2) is 7.09. The summed E-state index contributed by atoms with van der Waals surface area (Å²) in [5, 5.41) is 14.4. The van der Waals surface area contributed by atoms with Crippen molar-refractivity contribution in [2.24, 2.45) is 5.10 Å². The second-order valence-electron chi connectivity index (χ2n) is 5.09. The van der Waals surface area contributed by atoms with Gasteiger partial charge in [0.25, 0.3) is 15.7 Å². The molecule has 0 aromatic heterocycles. The molecule has 2 rings (SSSR count). The zero-order valence-electron chi connectivity index (χ0n) is 13.1. The predicted molar refractivity (Wildman–Crippen MR) is 91.8 cm³/mol. The van der Waals surface area contributed by atoms with Crippen LogP contribution in [0.1, 0.15) is 5.56 Å². The van der Waals surface area contributed by atoms with E-state index in [1.165, 1.54) is 24.4 Å². The highest BCUT2D eigenvalue weighted by Gasteiger charge is 2.16. The van der Waals surface area contributed by atoms with E-state index in [9.17, 15) is 18.5 Å². The van der Waals surface area contributed by atoms with Crippen molar-refractivity contribution in [3.8, 4) is 0 Å². The molecule has 0 amide bonds. The number of rotatable bonds is 6. The Morgan fingerprint density at radius 2 is 1.83 bits per heavy atom. The number of hydrazone groups is 1. The fraction of sp³-hybridized carbons (Fsp3) is 0.133. The fourth-order valence-corrected chi connectivity index (χ4v) is 2.68. The van der Waals surface area contributed by atoms with Gasteiger partial charge in [0, 0.05) is 31.9 Å². The van der Waals surface area contributed by atoms with Crippen molar-refractivity contribution < 1.29 is 13.3 Å². The van der Waals surface area contributed by atoms with Crippen molar-refractivity contribution in [2.75, 3.05) is 19.0 Å². The van der Waals surface area contributed by atoms with Gasteiger partial charge >= 0.3 is 0 Å². The summed E-state index contributed by atoms with van der Waals surface area (Å²) in [6.07, 6.45) is 1.36. The zero-order valence-corrected chi connectivity index (χ0v) is 13.9. The molecule has 0 bridgehead atoms. The molecule has 0 aliphatic rings. The van der Waals surface area contributed by atoms with Gasteiger partial charge in [0.05, 0.1) is 16.0 Å². The van der Waals surface area contributed by atoms with Crippen LogP contribution in [0.2, 0.25) is 0 Å². The van der Waals surface area contributed by atoms with Crippen LogP contribution in [0.25, 0.3) is 0 Å². The lowest BCUT2D eigenvalue weighted by molar-refractivity contribution is -0.385. The number of nitro groups is 1. The van der Waals surface area contributed by atoms with Crippen LogP contribution in [0.3, 0.4) is 0 Å². The number of sulfonamides is 1. The van der Waals surface area contributed by atoms with Crippen molar-refractivity contribution in [3.63, 3.8) is 0 Å². The highest BCUT2D eigenvalue weighted by Crippen LogP contribution is 2.17. The lowest BCUT2D eigenvalue weighted by atomic mass is 10.2. The molecule has 0 heterocycles. The summed E-state index contributed by atoms with van der Waals surface area (Å²) >= 11 is 0. The van der Waals surface area contributed by atoms with E-state index < -0.39 is 14.9 Å². The SMILES string of the molecule is CN(C)c1ccc(/C=N/NS(=O)(=O)c2cccc([N+](=O)[O-])c2)cc1. The molecule has 0 spiro atoms. The van der Waals surface area contributed by atoms with Gasteiger partial charge in [0.2, 0.25) is 0 Å². The lowest BCUT2D eigenvalue weighted by Gasteiger charge is -2.11. The van der Waals surface area contributed by atoms with Gasteiger partial charge in [-0.1, -0.05) is 18.2 Å². The molecule has 0 radical (unpaired) electrons. The number of nitrogens with zero attached hydrogens (tertiary/aromatic N) is 3. The first-order valence-corrected chi connectivity index (χ1v) is 8.34. The first-order valence-electron chi connectivity index (χ1n) is 6.86. The van der Waals surface area contributed by atoms with Gasteiger partial charge in [0.15, 0.2) is 0 Å². The molecule has 0 aliphatic heterocycles. The van der Waals surface area contributed by atoms with Gasteiger partial charge in [-0.2, -0.15) is 13.5 Å². The molecule has 8 nitrogen and oxygen atoms in total. The number of nitro benzene ring substituents is 1. The summed E-state index contributed by atoms with van der Waals surface area (Å²) in [5.41, 5.74) is 1.41. The highest BCUT2D eigenvalue weighted by atomic mass is 32.2. The van der Waals surface area contributed by atoms with Gasteiger partial charge in [-0.05, 0) is 23.8 Å². The van der Waals surface area contributed by atoms with Crippen molar-refractivity contribution in [1.29, 1.82) is 0 Å². The summed E-state index contributed by atoms with van der Waals surface area (Å²) < 4.78 is 24.2. The summed E-state index contributed by atoms with van der Waals surface area (Å²) in [7, 11) is -0.143. The molecule has 0 fully saturated rings. The van der Waals surface area contributed by atoms with Crippen LogP contribution in [-0.4, -0.2) is 33.7 Å². The molecule has 126 valence electrons. The minimum absolute atomic E-state index is 0.225. The van der Waals surface area contributed by atoms with Crippen molar-refractivity contribution >= 4 is 27.6 Å². The van der Waals surface area contributed by atoms with Crippen LogP contribution >= 0.6 is 0 Å². The van der Waals surface area contributed by atoms with Crippen LogP contribution in [0.15, 0.2) is 58.5 Å². The number of anilines is 1. The van der Waals surface area contributed by atoms with E-state index in [0.29, 0.717) is 5.56 Å². The van der Waals surface area contributed by atoms with Gasteiger partial charge in [-0.15, -0.1) is 0 Å². The lowest BCUT2D eigenvalue weighted by Crippen LogP contribution is -2.18. The summed E-state index contributed by atoms with van der Waals surface area (Å²) in [5.74, 6) is 0. The number of nitrogens with one attached hydrogen (secondary N) is 1. The van der Waals surface area contributed by atoms with Crippen molar-refractivity contribution in [3.05, 3.63) is 64.2 Å².